The molecule has 0 saturated carbocycles. The first-order valence-electron chi connectivity index (χ1n) is 22.8. The highest BCUT2D eigenvalue weighted by molar-refractivity contribution is 7.13. The van der Waals surface area contributed by atoms with Crippen molar-refractivity contribution in [2.45, 2.75) is 72.3 Å². The Morgan fingerprint density at radius 1 is 0.809 bits per heavy atom. The Kier molecular flexibility index (Phi) is 16.5. The third-order valence-electron chi connectivity index (χ3n) is 11.9. The van der Waals surface area contributed by atoms with E-state index in [1.807, 2.05) is 107 Å². The molecule has 3 heterocycles. The Morgan fingerprint density at radius 3 is 2.10 bits per heavy atom. The molecule has 1 aliphatic heterocycles. The summed E-state index contributed by atoms with van der Waals surface area (Å²) in [5, 5.41) is 37.3. The summed E-state index contributed by atoms with van der Waals surface area (Å²) in [7, 11) is 0. The van der Waals surface area contributed by atoms with Gasteiger partial charge in [0, 0.05) is 37.0 Å². The van der Waals surface area contributed by atoms with Crippen LogP contribution >= 0.6 is 11.3 Å². The van der Waals surface area contributed by atoms with Crippen LogP contribution in [0.4, 0.5) is 0 Å². The number of aromatic nitrogens is 2. The highest BCUT2D eigenvalue weighted by Crippen LogP contribution is 2.36. The molecular weight excluding hydrogens is 887 g/mol. The standard InChI is InChI=1S/C52H61N5O10S/c1-33-43-26-40(59)16-19-44(43)56(47(33)37-12-14-39(58)15-13-37)29-36-8-17-42(18-9-36)67-25-24-65-21-20-64-22-23-66-31-46(61)55-49(52(3,4)5)51(63)57-30-41(60)27-45(57)50(62)53-28-35-6-10-38(11-7-35)48-34(2)54-32-68-48/h6-19,26,32,41,45,49,58-60H,20-25,27-31H2,1-5H3,(H,53,62)(H,55,61)/t41-,45+,49-/m1/s1. The molecule has 1 fully saturated rings. The van der Waals surface area contributed by atoms with Gasteiger partial charge in [-0.15, -0.1) is 11.3 Å². The molecule has 68 heavy (non-hydrogen) atoms. The zero-order valence-electron chi connectivity index (χ0n) is 39.2. The second-order valence-corrected chi connectivity index (χ2v) is 18.9. The number of β-amino-alcohol motifs (C(OH)–C–C–N with tert-alkyl or cyclic N) is 1. The van der Waals surface area contributed by atoms with Crippen LogP contribution in [-0.4, -0.2) is 118 Å². The SMILES string of the molecule is Cc1ncsc1-c1ccc(CNC(=O)[C@@H]2C[C@@H](O)CN2C(=O)[C@@H](NC(=O)COCCOCCOCCOc2ccc(Cn3c(-c4ccc(O)cc4)c(C)c4cc(O)ccc43)cc2)C(C)(C)C)cc1. The van der Waals surface area contributed by atoms with E-state index in [1.165, 1.54) is 4.90 Å². The van der Waals surface area contributed by atoms with Crippen LogP contribution in [0.25, 0.3) is 32.6 Å². The second kappa shape index (κ2) is 22.7. The Morgan fingerprint density at radius 2 is 1.44 bits per heavy atom. The maximum absolute atomic E-state index is 13.9. The van der Waals surface area contributed by atoms with E-state index < -0.39 is 35.4 Å². The molecule has 0 radical (unpaired) electrons. The molecule has 0 aliphatic carbocycles. The average Bonchev–Trinajstić information content (AvgIpc) is 4.01. The van der Waals surface area contributed by atoms with Gasteiger partial charge in [0.15, 0.2) is 0 Å². The quantitative estimate of drug-likeness (QED) is 0.0480. The first kappa shape index (κ1) is 49.6. The van der Waals surface area contributed by atoms with E-state index in [0.29, 0.717) is 38.7 Å². The van der Waals surface area contributed by atoms with Crippen LogP contribution in [0.3, 0.4) is 0 Å². The number of aromatic hydroxyl groups is 2. The number of hydrogen-bond donors (Lipinski definition) is 5. The third-order valence-corrected chi connectivity index (χ3v) is 12.9. The number of fused-ring (bicyclic) bond motifs is 1. The minimum Gasteiger partial charge on any atom is -0.508 e. The van der Waals surface area contributed by atoms with Crippen molar-refractivity contribution in [1.82, 2.24) is 25.1 Å². The molecule has 0 bridgehead atoms. The first-order valence-corrected chi connectivity index (χ1v) is 23.7. The number of carbonyl (C=O) groups excluding carboxylic acids is 3. The van der Waals surface area contributed by atoms with Crippen LogP contribution in [0.5, 0.6) is 17.2 Å². The van der Waals surface area contributed by atoms with Crippen LogP contribution in [0.1, 0.15) is 49.6 Å². The van der Waals surface area contributed by atoms with Gasteiger partial charge in [-0.05, 0) is 102 Å². The molecule has 7 rings (SSSR count). The van der Waals surface area contributed by atoms with E-state index in [-0.39, 0.29) is 56.7 Å². The van der Waals surface area contributed by atoms with Crippen LogP contribution < -0.4 is 15.4 Å². The van der Waals surface area contributed by atoms with Gasteiger partial charge < -0.3 is 54.4 Å². The van der Waals surface area contributed by atoms with Crippen molar-refractivity contribution in [3.63, 3.8) is 0 Å². The maximum Gasteiger partial charge on any atom is 0.246 e. The van der Waals surface area contributed by atoms with Gasteiger partial charge in [0.1, 0.15) is 42.5 Å². The summed E-state index contributed by atoms with van der Waals surface area (Å²) in [4.78, 5) is 47.1. The lowest BCUT2D eigenvalue weighted by Crippen LogP contribution is -2.58. The molecule has 2 aromatic heterocycles. The van der Waals surface area contributed by atoms with Gasteiger partial charge in [0.25, 0.3) is 0 Å². The number of nitrogens with zero attached hydrogens (tertiary/aromatic N) is 3. The number of phenolic OH excluding ortho intramolecular Hbond substituents is 2. The predicted molar refractivity (Wildman–Crippen MR) is 261 cm³/mol. The number of rotatable bonds is 21. The van der Waals surface area contributed by atoms with Crippen molar-refractivity contribution in [2.75, 3.05) is 52.8 Å². The van der Waals surface area contributed by atoms with Crippen molar-refractivity contribution in [3.8, 4) is 38.9 Å². The molecule has 15 nitrogen and oxygen atoms in total. The largest absolute Gasteiger partial charge is 0.508 e. The topological polar surface area (TPSA) is 194 Å². The molecule has 3 atom stereocenters. The zero-order chi connectivity index (χ0) is 48.4. The Bertz CT molecular complexity index is 2640. The predicted octanol–water partition coefficient (Wildman–Crippen LogP) is 6.75. The summed E-state index contributed by atoms with van der Waals surface area (Å²) < 4.78 is 24.9. The van der Waals surface area contributed by atoms with Crippen molar-refractivity contribution in [3.05, 3.63) is 119 Å². The highest BCUT2D eigenvalue weighted by atomic mass is 32.1. The van der Waals surface area contributed by atoms with Crippen LogP contribution in [0, 0.1) is 19.3 Å². The number of likely N-dealkylation sites (tertiary alicyclic amines) is 1. The fourth-order valence-electron chi connectivity index (χ4n) is 8.35. The summed E-state index contributed by atoms with van der Waals surface area (Å²) in [6.45, 7) is 11.8. The minimum atomic E-state index is -0.969. The highest BCUT2D eigenvalue weighted by Gasteiger charge is 2.44. The molecule has 0 spiro atoms. The van der Waals surface area contributed by atoms with Gasteiger partial charge >= 0.3 is 0 Å². The fraction of sp³-hybridized carbons (Fsp3) is 0.385. The number of nitrogens with one attached hydrogen (secondary N) is 2. The zero-order valence-corrected chi connectivity index (χ0v) is 40.0. The summed E-state index contributed by atoms with van der Waals surface area (Å²) in [5.41, 5.74) is 9.09. The van der Waals surface area contributed by atoms with Gasteiger partial charge in [0.2, 0.25) is 17.7 Å². The molecule has 0 unspecified atom stereocenters. The smallest absolute Gasteiger partial charge is 0.246 e. The number of aliphatic hydroxyl groups is 1. The maximum atomic E-state index is 13.9. The van der Waals surface area contributed by atoms with E-state index >= 15 is 0 Å². The van der Waals surface area contributed by atoms with Crippen molar-refractivity contribution < 1.29 is 48.7 Å². The lowest BCUT2D eigenvalue weighted by molar-refractivity contribution is -0.144. The number of benzene rings is 4. The number of hydrogen-bond acceptors (Lipinski definition) is 12. The van der Waals surface area contributed by atoms with Crippen LogP contribution in [0.2, 0.25) is 0 Å². The molecule has 5 N–H and O–H groups in total. The Hall–Kier alpha value is -6.30. The van der Waals surface area contributed by atoms with Gasteiger partial charge in [-0.1, -0.05) is 57.2 Å². The number of amides is 3. The molecule has 6 aromatic rings. The molecule has 1 saturated heterocycles. The van der Waals surface area contributed by atoms with E-state index in [9.17, 15) is 29.7 Å². The summed E-state index contributed by atoms with van der Waals surface area (Å²) in [6, 6.07) is 26.4. The molecular formula is C52H61N5O10S. The van der Waals surface area contributed by atoms with E-state index in [1.54, 1.807) is 35.6 Å². The van der Waals surface area contributed by atoms with E-state index in [2.05, 4.69) is 20.2 Å². The third kappa shape index (κ3) is 12.6. The van der Waals surface area contributed by atoms with Gasteiger partial charge in [-0.25, -0.2) is 4.98 Å². The molecule has 360 valence electrons. The number of phenols is 2. The molecule has 1 aliphatic rings. The molecule has 16 heteroatoms. The second-order valence-electron chi connectivity index (χ2n) is 18.0. The monoisotopic (exact) mass is 947 g/mol. The number of aryl methyl sites for hydroxylation is 2. The molecule has 4 aromatic carbocycles. The van der Waals surface area contributed by atoms with Gasteiger partial charge in [0.05, 0.1) is 60.9 Å². The minimum absolute atomic E-state index is 0.0191. The van der Waals surface area contributed by atoms with Crippen LogP contribution in [0.15, 0.2) is 96.5 Å². The summed E-state index contributed by atoms with van der Waals surface area (Å²) >= 11 is 1.57. The van der Waals surface area contributed by atoms with Crippen molar-refractivity contribution >= 4 is 40.0 Å². The lowest BCUT2D eigenvalue weighted by Gasteiger charge is -2.35. The fourth-order valence-corrected chi connectivity index (χ4v) is 9.16. The normalized spacial score (nSPS) is 15.4. The average molecular weight is 948 g/mol. The lowest BCUT2D eigenvalue weighted by atomic mass is 9.85. The Balaban J connectivity index is 0.778. The Labute approximate surface area is 400 Å². The summed E-state index contributed by atoms with van der Waals surface area (Å²) in [6.07, 6.45) is -0.780. The number of aliphatic hydroxyl groups excluding tert-OH is 1. The number of thiazole rings is 1. The molecule has 3 amide bonds. The van der Waals surface area contributed by atoms with Crippen molar-refractivity contribution in [2.24, 2.45) is 5.41 Å². The van der Waals surface area contributed by atoms with E-state index in [4.69, 9.17) is 18.9 Å². The van der Waals surface area contributed by atoms with Gasteiger partial charge in [-0.3, -0.25) is 14.4 Å². The van der Waals surface area contributed by atoms with Gasteiger partial charge in [-0.2, -0.15) is 0 Å². The first-order chi connectivity index (χ1) is 32.7. The summed E-state index contributed by atoms with van der Waals surface area (Å²) in [5.74, 6) is -0.189. The van der Waals surface area contributed by atoms with Crippen molar-refractivity contribution in [1.29, 1.82) is 0 Å². The van der Waals surface area contributed by atoms with E-state index in [0.717, 1.165) is 55.0 Å². The number of carbonyl (C=O) groups is 3. The van der Waals surface area contributed by atoms with Crippen LogP contribution in [-0.2, 0) is 41.7 Å². The number of ether oxygens (including phenoxy) is 4.